The second-order valence-corrected chi connectivity index (χ2v) is 11.5. The highest BCUT2D eigenvalue weighted by atomic mass is 28.4. The summed E-state index contributed by atoms with van der Waals surface area (Å²) < 4.78 is 16.3. The summed E-state index contributed by atoms with van der Waals surface area (Å²) >= 11 is 0. The average Bonchev–Trinajstić information content (AvgIpc) is 2.27. The molecule has 0 aromatic rings. The smallest absolute Gasteiger partial charge is 0.284 e. The van der Waals surface area contributed by atoms with Crippen LogP contribution >= 0.6 is 0 Å². The highest BCUT2D eigenvalue weighted by Crippen LogP contribution is 2.06. The third-order valence-electron chi connectivity index (χ3n) is 2.05. The molecule has 0 fully saturated rings. The molecule has 92 valence electrons. The topological polar surface area (TPSA) is 79.7 Å². The van der Waals surface area contributed by atoms with Crippen LogP contribution in [0.15, 0.2) is 0 Å². The molecule has 15 heavy (non-hydrogen) atoms. The predicted octanol–water partition coefficient (Wildman–Crippen LogP) is -3.26. The SMILES string of the molecule is NCCC[SiH](CCCN)O[SiH2]O[SiH2]O[SiH3]. The van der Waals surface area contributed by atoms with Gasteiger partial charge < -0.3 is 23.8 Å². The zero-order valence-electron chi connectivity index (χ0n) is 9.61. The van der Waals surface area contributed by atoms with Crippen molar-refractivity contribution in [3.8, 4) is 0 Å². The lowest BCUT2D eigenvalue weighted by atomic mass is 10.5. The molecule has 0 saturated heterocycles. The van der Waals surface area contributed by atoms with Gasteiger partial charge in [-0.2, -0.15) is 0 Å². The van der Waals surface area contributed by atoms with Gasteiger partial charge in [0.15, 0.2) is 9.04 Å². The van der Waals surface area contributed by atoms with E-state index in [2.05, 4.69) is 0 Å². The fourth-order valence-corrected chi connectivity index (χ4v) is 8.73. The van der Waals surface area contributed by atoms with Crippen LogP contribution in [0.4, 0.5) is 0 Å². The Hall–Kier alpha value is 0.668. The Morgan fingerprint density at radius 3 is 2.13 bits per heavy atom. The van der Waals surface area contributed by atoms with E-state index in [1.54, 1.807) is 0 Å². The summed E-state index contributed by atoms with van der Waals surface area (Å²) in [5.74, 6) is 0. The van der Waals surface area contributed by atoms with Gasteiger partial charge in [-0.3, -0.25) is 0 Å². The summed E-state index contributed by atoms with van der Waals surface area (Å²) in [6.45, 7) is 1.52. The Labute approximate surface area is 102 Å². The van der Waals surface area contributed by atoms with E-state index >= 15 is 0 Å². The van der Waals surface area contributed by atoms with Crippen molar-refractivity contribution >= 4 is 39.5 Å². The lowest BCUT2D eigenvalue weighted by Gasteiger charge is -2.15. The van der Waals surface area contributed by atoms with E-state index in [4.69, 9.17) is 23.8 Å². The molecule has 0 aromatic heterocycles. The Morgan fingerprint density at radius 2 is 1.67 bits per heavy atom. The molecule has 0 radical (unpaired) electrons. The van der Waals surface area contributed by atoms with Crippen molar-refractivity contribution < 1.29 is 12.3 Å². The molecule has 5 nitrogen and oxygen atoms in total. The Kier molecular flexibility index (Phi) is 13.3. The van der Waals surface area contributed by atoms with Gasteiger partial charge in [0, 0.05) is 0 Å². The summed E-state index contributed by atoms with van der Waals surface area (Å²) in [5.41, 5.74) is 11.0. The van der Waals surface area contributed by atoms with Crippen LogP contribution in [-0.2, 0) is 12.3 Å². The molecule has 0 heterocycles. The molecule has 0 aliphatic carbocycles. The average molecular weight is 285 g/mol. The van der Waals surface area contributed by atoms with E-state index in [9.17, 15) is 0 Å². The highest BCUT2D eigenvalue weighted by molar-refractivity contribution is 6.58. The normalized spacial score (nSPS) is 13.0. The maximum atomic E-state index is 5.86. The van der Waals surface area contributed by atoms with Crippen molar-refractivity contribution in [3.63, 3.8) is 0 Å². The minimum Gasteiger partial charge on any atom is -0.449 e. The Bertz CT molecular complexity index is 127. The molecule has 0 spiro atoms. The van der Waals surface area contributed by atoms with E-state index in [1.165, 1.54) is 0 Å². The van der Waals surface area contributed by atoms with Crippen LogP contribution in [0.5, 0.6) is 0 Å². The van der Waals surface area contributed by atoms with Gasteiger partial charge in [0.05, 0.1) is 0 Å². The van der Waals surface area contributed by atoms with Crippen LogP contribution in [-0.4, -0.2) is 52.6 Å². The number of rotatable bonds is 11. The summed E-state index contributed by atoms with van der Waals surface area (Å²) in [6.07, 6.45) is 2.15. The molecule has 0 unspecified atom stereocenters. The molecule has 4 N–H and O–H groups in total. The van der Waals surface area contributed by atoms with Crippen LogP contribution in [0.2, 0.25) is 12.1 Å². The summed E-state index contributed by atoms with van der Waals surface area (Å²) in [6, 6.07) is 2.33. The third kappa shape index (κ3) is 10.9. The fraction of sp³-hybridized carbons (Fsp3) is 1.00. The zero-order valence-corrected chi connectivity index (χ0v) is 15.6. The van der Waals surface area contributed by atoms with Gasteiger partial charge in [0.25, 0.3) is 20.0 Å². The van der Waals surface area contributed by atoms with Gasteiger partial charge in [-0.1, -0.05) is 0 Å². The number of hydrogen-bond donors (Lipinski definition) is 2. The van der Waals surface area contributed by atoms with E-state index < -0.39 is 29.1 Å². The molecule has 0 aliphatic rings. The molecule has 0 saturated carbocycles. The van der Waals surface area contributed by atoms with Crippen molar-refractivity contribution in [2.75, 3.05) is 13.1 Å². The van der Waals surface area contributed by atoms with Crippen LogP contribution in [0.25, 0.3) is 0 Å². The van der Waals surface area contributed by atoms with Crippen molar-refractivity contribution in [2.24, 2.45) is 11.5 Å². The lowest BCUT2D eigenvalue weighted by molar-refractivity contribution is 0.429. The molecule has 0 atom stereocenters. The minimum absolute atomic E-state index is 0.688. The van der Waals surface area contributed by atoms with Gasteiger partial charge in [-0.15, -0.1) is 0 Å². The van der Waals surface area contributed by atoms with E-state index in [0.717, 1.165) is 48.5 Å². The largest absolute Gasteiger partial charge is 0.449 e. The van der Waals surface area contributed by atoms with Gasteiger partial charge >= 0.3 is 0 Å². The molecular formula is C6H24N2O3Si4. The fourth-order valence-electron chi connectivity index (χ4n) is 1.26. The van der Waals surface area contributed by atoms with Crippen LogP contribution in [0, 0.1) is 0 Å². The van der Waals surface area contributed by atoms with Gasteiger partial charge in [-0.25, -0.2) is 0 Å². The quantitative estimate of drug-likeness (QED) is 0.307. The van der Waals surface area contributed by atoms with Crippen molar-refractivity contribution in [2.45, 2.75) is 24.9 Å². The van der Waals surface area contributed by atoms with Crippen molar-refractivity contribution in [1.82, 2.24) is 0 Å². The first-order valence-electron chi connectivity index (χ1n) is 5.43. The van der Waals surface area contributed by atoms with E-state index in [-0.39, 0.29) is 0 Å². The van der Waals surface area contributed by atoms with E-state index in [1.807, 2.05) is 0 Å². The monoisotopic (exact) mass is 284 g/mol. The van der Waals surface area contributed by atoms with Crippen LogP contribution in [0.1, 0.15) is 12.8 Å². The lowest BCUT2D eigenvalue weighted by Crippen LogP contribution is -2.24. The zero-order chi connectivity index (χ0) is 11.4. The molecular weight excluding hydrogens is 260 g/mol. The second-order valence-electron chi connectivity index (χ2n) is 3.38. The van der Waals surface area contributed by atoms with Gasteiger partial charge in [0.2, 0.25) is 0 Å². The molecule has 0 rings (SSSR count). The highest BCUT2D eigenvalue weighted by Gasteiger charge is 2.10. The standard InChI is InChI=1S/C6H24N2O3Si4/c7-3-1-5-15(6-2-4-8)11-14-10-13-9-12/h15H,1-8,13-14H2,12H3. The maximum Gasteiger partial charge on any atom is 0.284 e. The van der Waals surface area contributed by atoms with Gasteiger partial charge in [0.1, 0.15) is 10.5 Å². The summed E-state index contributed by atoms with van der Waals surface area (Å²) in [7, 11) is -1.72. The molecule has 0 amide bonds. The maximum absolute atomic E-state index is 5.86. The van der Waals surface area contributed by atoms with Crippen LogP contribution < -0.4 is 11.5 Å². The first kappa shape index (κ1) is 15.7. The van der Waals surface area contributed by atoms with Crippen LogP contribution in [0.3, 0.4) is 0 Å². The Morgan fingerprint density at radius 1 is 1.07 bits per heavy atom. The minimum atomic E-state index is -1.06. The summed E-state index contributed by atoms with van der Waals surface area (Å²) in [5, 5.41) is 0. The van der Waals surface area contributed by atoms with E-state index in [0.29, 0.717) is 0 Å². The first-order valence-corrected chi connectivity index (χ1v) is 10.7. The number of nitrogens with two attached hydrogens (primary N) is 2. The molecule has 9 heteroatoms. The third-order valence-corrected chi connectivity index (χ3v) is 8.86. The molecule has 0 bridgehead atoms. The summed E-state index contributed by atoms with van der Waals surface area (Å²) in [4.78, 5) is 0. The number of hydrogen-bond acceptors (Lipinski definition) is 5. The van der Waals surface area contributed by atoms with Gasteiger partial charge in [-0.05, 0) is 38.0 Å². The predicted molar refractivity (Wildman–Crippen MR) is 74.4 cm³/mol. The molecule has 0 aliphatic heterocycles. The second kappa shape index (κ2) is 12.7. The van der Waals surface area contributed by atoms with Crippen molar-refractivity contribution in [3.05, 3.63) is 0 Å². The van der Waals surface area contributed by atoms with Crippen molar-refractivity contribution in [1.29, 1.82) is 0 Å². The Balaban J connectivity index is 3.49. The first-order chi connectivity index (χ1) is 7.35. The molecule has 0 aromatic carbocycles.